The average molecular weight is 323 g/mol. The van der Waals surface area contributed by atoms with Gasteiger partial charge >= 0.3 is 5.97 Å². The molecule has 0 amide bonds. The van der Waals surface area contributed by atoms with Crippen LogP contribution in [-0.2, 0) is 4.74 Å². The van der Waals surface area contributed by atoms with Gasteiger partial charge in [0.2, 0.25) is 0 Å². The van der Waals surface area contributed by atoms with Crippen LogP contribution in [0.1, 0.15) is 17.3 Å². The molecule has 4 nitrogen and oxygen atoms in total. The van der Waals surface area contributed by atoms with E-state index in [1.54, 1.807) is 24.3 Å². The number of benzene rings is 1. The van der Waals surface area contributed by atoms with E-state index in [4.69, 9.17) is 16.3 Å². The fourth-order valence-electron chi connectivity index (χ4n) is 3.76. The fourth-order valence-corrected chi connectivity index (χ4v) is 3.88. The molecule has 0 saturated carbocycles. The number of hydrogen-bond acceptors (Lipinski definition) is 4. The average Bonchev–Trinajstić information content (AvgIpc) is 2.48. The number of ether oxygens (including phenoxy) is 1. The molecule has 2 saturated heterocycles. The normalized spacial score (nSPS) is 29.3. The van der Waals surface area contributed by atoms with Crippen LogP contribution in [0.2, 0.25) is 5.02 Å². The third-order valence-corrected chi connectivity index (χ3v) is 5.03. The Bertz CT molecular complexity index is 518. The molecular formula is C17H23ClN2O2. The van der Waals surface area contributed by atoms with Crippen LogP contribution in [0.4, 0.5) is 0 Å². The number of carbonyl (C=O) groups is 1. The first-order chi connectivity index (χ1) is 10.6. The van der Waals surface area contributed by atoms with Crippen LogP contribution in [-0.4, -0.2) is 61.6 Å². The highest BCUT2D eigenvalue weighted by Crippen LogP contribution is 2.31. The molecule has 2 heterocycles. The van der Waals surface area contributed by atoms with E-state index >= 15 is 0 Å². The van der Waals surface area contributed by atoms with Crippen LogP contribution < -0.4 is 0 Å². The summed E-state index contributed by atoms with van der Waals surface area (Å²) in [5.41, 5.74) is 0.578. The minimum absolute atomic E-state index is 0.0298. The highest BCUT2D eigenvalue weighted by molar-refractivity contribution is 6.30. The number of esters is 1. The smallest absolute Gasteiger partial charge is 0.338 e. The molecule has 2 aliphatic rings. The lowest BCUT2D eigenvalue weighted by atomic mass is 9.81. The largest absolute Gasteiger partial charge is 0.458 e. The predicted octanol–water partition coefficient (Wildman–Crippen LogP) is 2.38. The van der Waals surface area contributed by atoms with Crippen molar-refractivity contribution in [3.8, 4) is 0 Å². The zero-order valence-corrected chi connectivity index (χ0v) is 13.9. The molecule has 2 bridgehead atoms. The van der Waals surface area contributed by atoms with Gasteiger partial charge in [-0.1, -0.05) is 18.5 Å². The summed E-state index contributed by atoms with van der Waals surface area (Å²) in [5.74, 6) is 0.563. The summed E-state index contributed by atoms with van der Waals surface area (Å²) in [6.45, 7) is 7.26. The zero-order valence-electron chi connectivity index (χ0n) is 13.2. The lowest BCUT2D eigenvalue weighted by Crippen LogP contribution is -2.60. The molecule has 2 aliphatic heterocycles. The number of hydrogen-bond donors (Lipinski definition) is 0. The van der Waals surface area contributed by atoms with Crippen molar-refractivity contribution in [3.63, 3.8) is 0 Å². The van der Waals surface area contributed by atoms with Gasteiger partial charge in [0.15, 0.2) is 0 Å². The first-order valence-corrected chi connectivity index (χ1v) is 8.32. The zero-order chi connectivity index (χ0) is 15.7. The van der Waals surface area contributed by atoms with E-state index in [0.717, 1.165) is 32.7 Å². The number of nitrogens with zero attached hydrogens (tertiary/aromatic N) is 2. The van der Waals surface area contributed by atoms with Crippen molar-refractivity contribution in [1.82, 2.24) is 9.80 Å². The highest BCUT2D eigenvalue weighted by atomic mass is 35.5. The maximum atomic E-state index is 12.4. The number of likely N-dealkylation sites (tertiary alicyclic amines) is 2. The van der Waals surface area contributed by atoms with Gasteiger partial charge in [-0.05, 0) is 37.9 Å². The number of piperidine rings is 2. The van der Waals surface area contributed by atoms with Gasteiger partial charge in [-0.3, -0.25) is 0 Å². The van der Waals surface area contributed by atoms with E-state index in [-0.39, 0.29) is 12.1 Å². The fraction of sp³-hybridized carbons (Fsp3) is 0.588. The highest BCUT2D eigenvalue weighted by Gasteiger charge is 2.43. The molecule has 0 radical (unpaired) electrons. The molecule has 0 N–H and O–H groups in total. The maximum absolute atomic E-state index is 12.4. The molecule has 1 aromatic rings. The SMILES string of the molecule is CCN1C[C@H]2CN(C)C[C@@H](C1)C2OC(=O)c1ccc(Cl)cc1. The second-order valence-corrected chi connectivity index (χ2v) is 6.91. The van der Waals surface area contributed by atoms with Gasteiger partial charge < -0.3 is 14.5 Å². The predicted molar refractivity (Wildman–Crippen MR) is 87.2 cm³/mol. The minimum Gasteiger partial charge on any atom is -0.458 e. The Morgan fingerprint density at radius 2 is 1.77 bits per heavy atom. The van der Waals surface area contributed by atoms with Crippen molar-refractivity contribution < 1.29 is 9.53 Å². The Morgan fingerprint density at radius 1 is 1.18 bits per heavy atom. The summed E-state index contributed by atoms with van der Waals surface area (Å²) in [6.07, 6.45) is 0.0298. The van der Waals surface area contributed by atoms with Crippen molar-refractivity contribution >= 4 is 17.6 Å². The lowest BCUT2D eigenvalue weighted by Gasteiger charge is -2.49. The second-order valence-electron chi connectivity index (χ2n) is 6.47. The molecule has 0 aromatic heterocycles. The third kappa shape index (κ3) is 3.29. The summed E-state index contributed by atoms with van der Waals surface area (Å²) in [4.78, 5) is 17.2. The molecule has 1 unspecified atom stereocenters. The number of halogens is 1. The van der Waals surface area contributed by atoms with E-state index in [1.807, 2.05) is 0 Å². The molecule has 22 heavy (non-hydrogen) atoms. The van der Waals surface area contributed by atoms with Gasteiger partial charge in [-0.15, -0.1) is 0 Å². The van der Waals surface area contributed by atoms with Crippen LogP contribution in [0.3, 0.4) is 0 Å². The van der Waals surface area contributed by atoms with E-state index in [2.05, 4.69) is 23.8 Å². The summed E-state index contributed by atoms with van der Waals surface area (Å²) in [5, 5.41) is 0.631. The molecule has 0 spiro atoms. The van der Waals surface area contributed by atoms with Crippen LogP contribution in [0.15, 0.2) is 24.3 Å². The van der Waals surface area contributed by atoms with E-state index in [1.165, 1.54) is 0 Å². The van der Waals surface area contributed by atoms with Crippen LogP contribution >= 0.6 is 11.6 Å². The molecule has 1 aromatic carbocycles. The number of rotatable bonds is 3. The Kier molecular flexibility index (Phi) is 4.71. The Morgan fingerprint density at radius 3 is 2.32 bits per heavy atom. The molecule has 3 rings (SSSR count). The van der Waals surface area contributed by atoms with Crippen LogP contribution in [0.25, 0.3) is 0 Å². The van der Waals surface area contributed by atoms with Crippen LogP contribution in [0.5, 0.6) is 0 Å². The van der Waals surface area contributed by atoms with Gasteiger partial charge in [0.25, 0.3) is 0 Å². The molecule has 5 heteroatoms. The van der Waals surface area contributed by atoms with Crippen LogP contribution in [0, 0.1) is 11.8 Å². The van der Waals surface area contributed by atoms with E-state index < -0.39 is 0 Å². The van der Waals surface area contributed by atoms with Crippen molar-refractivity contribution in [2.75, 3.05) is 39.8 Å². The lowest BCUT2D eigenvalue weighted by molar-refractivity contribution is -0.0831. The van der Waals surface area contributed by atoms with Gasteiger partial charge in [-0.2, -0.15) is 0 Å². The first-order valence-electron chi connectivity index (χ1n) is 7.94. The third-order valence-electron chi connectivity index (χ3n) is 4.78. The summed E-state index contributed by atoms with van der Waals surface area (Å²) in [6, 6.07) is 6.92. The summed E-state index contributed by atoms with van der Waals surface area (Å²) >= 11 is 5.87. The van der Waals surface area contributed by atoms with Gasteiger partial charge in [0, 0.05) is 43.0 Å². The topological polar surface area (TPSA) is 32.8 Å². The first kappa shape index (κ1) is 15.8. The van der Waals surface area contributed by atoms with Crippen molar-refractivity contribution in [1.29, 1.82) is 0 Å². The van der Waals surface area contributed by atoms with Crippen molar-refractivity contribution in [2.24, 2.45) is 11.8 Å². The van der Waals surface area contributed by atoms with E-state index in [0.29, 0.717) is 22.4 Å². The summed E-state index contributed by atoms with van der Waals surface area (Å²) in [7, 11) is 2.15. The van der Waals surface area contributed by atoms with Crippen molar-refractivity contribution in [3.05, 3.63) is 34.9 Å². The van der Waals surface area contributed by atoms with Gasteiger partial charge in [-0.25, -0.2) is 4.79 Å². The Labute approximate surface area is 137 Å². The van der Waals surface area contributed by atoms with Gasteiger partial charge in [0.05, 0.1) is 5.56 Å². The molecule has 0 aliphatic carbocycles. The Balaban J connectivity index is 1.71. The monoisotopic (exact) mass is 322 g/mol. The van der Waals surface area contributed by atoms with Gasteiger partial charge in [0.1, 0.15) is 6.10 Å². The number of fused-ring (bicyclic) bond motifs is 2. The Hall–Kier alpha value is -1.10. The molecular weight excluding hydrogens is 300 g/mol. The molecule has 3 atom stereocenters. The minimum atomic E-state index is -0.230. The molecule has 2 fully saturated rings. The van der Waals surface area contributed by atoms with E-state index in [9.17, 15) is 4.79 Å². The van der Waals surface area contributed by atoms with Crippen molar-refractivity contribution in [2.45, 2.75) is 13.0 Å². The standard InChI is InChI=1S/C17H23ClN2O2/c1-3-20-10-13-8-19(2)9-14(11-20)16(13)22-17(21)12-4-6-15(18)7-5-12/h4-7,13-14,16H,3,8-11H2,1-2H3/t13-,14+,16?. The quantitative estimate of drug-likeness (QED) is 0.800. The summed E-state index contributed by atoms with van der Waals surface area (Å²) < 4.78 is 5.89. The molecule has 120 valence electrons. The second kappa shape index (κ2) is 6.57. The number of carbonyl (C=O) groups excluding carboxylic acids is 1. The maximum Gasteiger partial charge on any atom is 0.338 e.